The summed E-state index contributed by atoms with van der Waals surface area (Å²) in [6.07, 6.45) is 2.94. The highest BCUT2D eigenvalue weighted by molar-refractivity contribution is 5.80. The average Bonchev–Trinajstić information content (AvgIpc) is 3.00. The van der Waals surface area contributed by atoms with Crippen molar-refractivity contribution >= 4 is 5.96 Å². The highest BCUT2D eigenvalue weighted by atomic mass is 15.3. The first-order valence-electron chi connectivity index (χ1n) is 9.47. The molecule has 26 heavy (non-hydrogen) atoms. The van der Waals surface area contributed by atoms with Crippen molar-refractivity contribution in [2.45, 2.75) is 45.4 Å². The second kappa shape index (κ2) is 9.34. The van der Waals surface area contributed by atoms with Crippen LogP contribution in [0.4, 0.5) is 0 Å². The minimum atomic E-state index is 0.412. The van der Waals surface area contributed by atoms with E-state index in [2.05, 4.69) is 64.7 Å². The molecule has 5 heteroatoms. The van der Waals surface area contributed by atoms with Crippen LogP contribution in [0.2, 0.25) is 0 Å². The maximum absolute atomic E-state index is 4.69. The molecule has 0 bridgehead atoms. The molecule has 138 valence electrons. The lowest BCUT2D eigenvalue weighted by atomic mass is 10.2. The Morgan fingerprint density at radius 2 is 2.00 bits per heavy atom. The van der Waals surface area contributed by atoms with Crippen LogP contribution in [-0.4, -0.2) is 41.0 Å². The maximum atomic E-state index is 4.69. The molecule has 1 aliphatic heterocycles. The Morgan fingerprint density at radius 3 is 2.73 bits per heavy atom. The zero-order chi connectivity index (χ0) is 18.2. The predicted octanol–water partition coefficient (Wildman–Crippen LogP) is 2.80. The van der Waals surface area contributed by atoms with Gasteiger partial charge < -0.3 is 10.6 Å². The van der Waals surface area contributed by atoms with Crippen molar-refractivity contribution in [2.24, 2.45) is 4.99 Å². The first kappa shape index (κ1) is 18.4. The van der Waals surface area contributed by atoms with Crippen LogP contribution in [0.25, 0.3) is 0 Å². The third-order valence-corrected chi connectivity index (χ3v) is 4.74. The number of guanidine groups is 1. The summed E-state index contributed by atoms with van der Waals surface area (Å²) >= 11 is 0. The standard InChI is InChI=1S/C21H29N5/c1-3-22-21(24-14-19-11-7-8-12-23-19)25-20-13-17(2)26(16-20)15-18-9-5-4-6-10-18/h4-12,17,20H,3,13-16H2,1-2H3,(H2,22,24,25). The monoisotopic (exact) mass is 351 g/mol. The number of benzene rings is 1. The second-order valence-electron chi connectivity index (χ2n) is 6.86. The summed E-state index contributed by atoms with van der Waals surface area (Å²) in [5, 5.41) is 6.95. The van der Waals surface area contributed by atoms with E-state index in [1.54, 1.807) is 0 Å². The number of likely N-dealkylation sites (tertiary alicyclic amines) is 1. The van der Waals surface area contributed by atoms with Gasteiger partial charge in [-0.25, -0.2) is 4.99 Å². The van der Waals surface area contributed by atoms with Crippen molar-refractivity contribution in [3.05, 3.63) is 66.0 Å². The molecule has 1 aromatic heterocycles. The van der Waals surface area contributed by atoms with Gasteiger partial charge in [0, 0.05) is 37.9 Å². The molecule has 2 heterocycles. The maximum Gasteiger partial charge on any atom is 0.191 e. The largest absolute Gasteiger partial charge is 0.357 e. The van der Waals surface area contributed by atoms with Crippen LogP contribution in [0, 0.1) is 0 Å². The quantitative estimate of drug-likeness (QED) is 0.621. The Morgan fingerprint density at radius 1 is 1.19 bits per heavy atom. The van der Waals surface area contributed by atoms with Gasteiger partial charge in [0.25, 0.3) is 0 Å². The summed E-state index contributed by atoms with van der Waals surface area (Å²) in [5.41, 5.74) is 2.35. The molecule has 1 saturated heterocycles. The topological polar surface area (TPSA) is 52.6 Å². The lowest BCUT2D eigenvalue weighted by Crippen LogP contribution is -2.44. The summed E-state index contributed by atoms with van der Waals surface area (Å²) in [7, 11) is 0. The van der Waals surface area contributed by atoms with Crippen LogP contribution in [-0.2, 0) is 13.1 Å². The van der Waals surface area contributed by atoms with Crippen molar-refractivity contribution in [2.75, 3.05) is 13.1 Å². The van der Waals surface area contributed by atoms with Crippen molar-refractivity contribution in [3.63, 3.8) is 0 Å². The van der Waals surface area contributed by atoms with Gasteiger partial charge in [-0.3, -0.25) is 9.88 Å². The minimum Gasteiger partial charge on any atom is -0.357 e. The number of nitrogens with zero attached hydrogens (tertiary/aromatic N) is 3. The summed E-state index contributed by atoms with van der Waals surface area (Å²) < 4.78 is 0. The van der Waals surface area contributed by atoms with E-state index in [-0.39, 0.29) is 0 Å². The van der Waals surface area contributed by atoms with Crippen LogP contribution in [0.15, 0.2) is 59.7 Å². The van der Waals surface area contributed by atoms with E-state index in [0.717, 1.165) is 37.7 Å². The van der Waals surface area contributed by atoms with E-state index in [1.165, 1.54) is 5.56 Å². The minimum absolute atomic E-state index is 0.412. The lowest BCUT2D eigenvalue weighted by Gasteiger charge is -2.21. The van der Waals surface area contributed by atoms with E-state index in [4.69, 9.17) is 4.99 Å². The zero-order valence-corrected chi connectivity index (χ0v) is 15.7. The molecular weight excluding hydrogens is 322 g/mol. The van der Waals surface area contributed by atoms with Gasteiger partial charge >= 0.3 is 0 Å². The predicted molar refractivity (Wildman–Crippen MR) is 107 cm³/mol. The number of pyridine rings is 1. The normalized spacial score (nSPS) is 20.9. The molecule has 0 amide bonds. The van der Waals surface area contributed by atoms with E-state index in [1.807, 2.05) is 24.4 Å². The molecule has 0 saturated carbocycles. The Balaban J connectivity index is 1.57. The molecule has 1 aliphatic rings. The van der Waals surface area contributed by atoms with Gasteiger partial charge in [0.15, 0.2) is 5.96 Å². The number of aromatic nitrogens is 1. The second-order valence-corrected chi connectivity index (χ2v) is 6.86. The van der Waals surface area contributed by atoms with Gasteiger partial charge in [0.2, 0.25) is 0 Å². The van der Waals surface area contributed by atoms with Crippen molar-refractivity contribution in [1.29, 1.82) is 0 Å². The number of aliphatic imine (C=N–C) groups is 1. The van der Waals surface area contributed by atoms with E-state index < -0.39 is 0 Å². The smallest absolute Gasteiger partial charge is 0.191 e. The molecule has 0 radical (unpaired) electrons. The molecule has 0 aliphatic carbocycles. The SMILES string of the molecule is CCNC(=NCc1ccccn1)NC1CC(C)N(Cc2ccccc2)C1. The van der Waals surface area contributed by atoms with Gasteiger partial charge in [-0.1, -0.05) is 36.4 Å². The highest BCUT2D eigenvalue weighted by Crippen LogP contribution is 2.20. The average molecular weight is 351 g/mol. The summed E-state index contributed by atoms with van der Waals surface area (Å²) in [6, 6.07) is 17.6. The first-order chi connectivity index (χ1) is 12.7. The number of nitrogens with one attached hydrogen (secondary N) is 2. The van der Waals surface area contributed by atoms with Crippen LogP contribution < -0.4 is 10.6 Å². The van der Waals surface area contributed by atoms with Gasteiger partial charge in [-0.05, 0) is 38.0 Å². The number of rotatable bonds is 6. The Hall–Kier alpha value is -2.40. The van der Waals surface area contributed by atoms with E-state index in [9.17, 15) is 0 Å². The molecule has 5 nitrogen and oxygen atoms in total. The molecule has 1 fully saturated rings. The van der Waals surface area contributed by atoms with Crippen LogP contribution >= 0.6 is 0 Å². The molecule has 0 spiro atoms. The molecule has 2 N–H and O–H groups in total. The van der Waals surface area contributed by atoms with Gasteiger partial charge in [0.05, 0.1) is 12.2 Å². The summed E-state index contributed by atoms with van der Waals surface area (Å²) in [4.78, 5) is 11.6. The fourth-order valence-electron chi connectivity index (χ4n) is 3.41. The van der Waals surface area contributed by atoms with Gasteiger partial charge in [0.1, 0.15) is 0 Å². The molecule has 2 aromatic rings. The molecule has 3 rings (SSSR count). The molecule has 2 atom stereocenters. The fourth-order valence-corrected chi connectivity index (χ4v) is 3.41. The Kier molecular flexibility index (Phi) is 6.61. The van der Waals surface area contributed by atoms with Crippen LogP contribution in [0.5, 0.6) is 0 Å². The molecular formula is C21H29N5. The number of hydrogen-bond acceptors (Lipinski definition) is 3. The van der Waals surface area contributed by atoms with Gasteiger partial charge in [-0.2, -0.15) is 0 Å². The van der Waals surface area contributed by atoms with E-state index >= 15 is 0 Å². The zero-order valence-electron chi connectivity index (χ0n) is 15.7. The summed E-state index contributed by atoms with van der Waals surface area (Å²) in [6.45, 7) is 7.88. The van der Waals surface area contributed by atoms with Crippen LogP contribution in [0.1, 0.15) is 31.5 Å². The third-order valence-electron chi connectivity index (χ3n) is 4.74. The van der Waals surface area contributed by atoms with E-state index in [0.29, 0.717) is 18.6 Å². The lowest BCUT2D eigenvalue weighted by molar-refractivity contribution is 0.258. The van der Waals surface area contributed by atoms with Crippen LogP contribution in [0.3, 0.4) is 0 Å². The van der Waals surface area contributed by atoms with Crippen molar-refractivity contribution in [1.82, 2.24) is 20.5 Å². The molecule has 1 aromatic carbocycles. The van der Waals surface area contributed by atoms with Crippen molar-refractivity contribution < 1.29 is 0 Å². The first-order valence-corrected chi connectivity index (χ1v) is 9.47. The third kappa shape index (κ3) is 5.30. The fraction of sp³-hybridized carbons (Fsp3) is 0.429. The Labute approximate surface area is 156 Å². The highest BCUT2D eigenvalue weighted by Gasteiger charge is 2.29. The number of hydrogen-bond donors (Lipinski definition) is 2. The Bertz CT molecular complexity index is 686. The molecule has 2 unspecified atom stereocenters. The van der Waals surface area contributed by atoms with Crippen molar-refractivity contribution in [3.8, 4) is 0 Å². The summed E-state index contributed by atoms with van der Waals surface area (Å²) in [5.74, 6) is 0.872. The van der Waals surface area contributed by atoms with Gasteiger partial charge in [-0.15, -0.1) is 0 Å².